The average Bonchev–Trinajstić information content (AvgIpc) is 3.87. The number of aryl methyl sites for hydroxylation is 2. The van der Waals surface area contributed by atoms with E-state index in [0.29, 0.717) is 0 Å². The molecule has 0 radical (unpaired) electrons. The van der Waals surface area contributed by atoms with Crippen molar-refractivity contribution in [2.24, 2.45) is 0 Å². The van der Waals surface area contributed by atoms with Crippen molar-refractivity contribution in [3.63, 3.8) is 0 Å². The van der Waals surface area contributed by atoms with E-state index in [1.54, 1.807) is 0 Å². The van der Waals surface area contributed by atoms with Crippen LogP contribution in [-0.4, -0.2) is 6.85 Å². The van der Waals surface area contributed by atoms with Gasteiger partial charge < -0.3 is 14.1 Å². The summed E-state index contributed by atoms with van der Waals surface area (Å²) in [5, 5.41) is 2.31. The van der Waals surface area contributed by atoms with Gasteiger partial charge in [0, 0.05) is 55.6 Å². The quantitative estimate of drug-likeness (QED) is 0.135. The minimum Gasteiger partial charge on any atom is -0.455 e. The highest BCUT2D eigenvalue weighted by atomic mass is 16.3. The SMILES string of the molecule is CCCCc1ccc(N2B3c4cc5c(cc4N(c4ccc(CCCC)cc4-c4ccccc4)c4cc6c(oc7ccccc76)c(c43)-c3cc4c(cc32)C(C)(C)CCC4(C)C)C(C)(C)c2ccccc2-5)cc1. The van der Waals surface area contributed by atoms with Gasteiger partial charge in [0.2, 0.25) is 0 Å². The average molecular weight is 925 g/mol. The Hall–Kier alpha value is -6.78. The van der Waals surface area contributed by atoms with Crippen LogP contribution in [0.4, 0.5) is 28.4 Å². The van der Waals surface area contributed by atoms with Crippen molar-refractivity contribution in [1.82, 2.24) is 0 Å². The summed E-state index contributed by atoms with van der Waals surface area (Å²) in [5.41, 5.74) is 26.6. The lowest BCUT2D eigenvalue weighted by Gasteiger charge is -2.48. The molecule has 4 aliphatic rings. The first-order valence-corrected chi connectivity index (χ1v) is 26.7. The van der Waals surface area contributed by atoms with Crippen molar-refractivity contribution in [2.75, 3.05) is 9.71 Å². The number of unbranched alkanes of at least 4 members (excludes halogenated alkanes) is 2. The van der Waals surface area contributed by atoms with Crippen LogP contribution in [0.25, 0.3) is 55.3 Å². The largest absolute Gasteiger partial charge is 0.455 e. The summed E-state index contributed by atoms with van der Waals surface area (Å²) in [5.74, 6) is 0. The molecule has 0 atom stereocenters. The first-order chi connectivity index (χ1) is 34.4. The molecule has 0 spiro atoms. The highest BCUT2D eigenvalue weighted by Crippen LogP contribution is 2.57. The predicted molar refractivity (Wildman–Crippen MR) is 303 cm³/mol. The standard InChI is InChI=1S/C67H65BN2O/c1-9-11-20-42-28-31-45(32-29-42)70-58-41-55-54(65(3,4)34-35-66(55,5)6)37-51(58)62-63-60(39-50-47-25-17-19-27-61(47)71-64(50)62)69(57-33-30-43(21-12-10-2)36-48(57)44-22-14-13-15-23-44)59-40-53-49(38-56(59)68(63)70)46-24-16-18-26-52(46)67(53,7)8/h13-19,22-33,36-41H,9-12,20-21,34-35H2,1-8H3. The van der Waals surface area contributed by atoms with Crippen molar-refractivity contribution in [1.29, 1.82) is 0 Å². The van der Waals surface area contributed by atoms with Gasteiger partial charge in [-0.3, -0.25) is 0 Å². The van der Waals surface area contributed by atoms with E-state index in [1.807, 2.05) is 0 Å². The molecule has 0 N–H and O–H groups in total. The highest BCUT2D eigenvalue weighted by molar-refractivity contribution is 6.94. The minimum atomic E-state index is -0.195. The molecule has 8 aromatic carbocycles. The van der Waals surface area contributed by atoms with Crippen molar-refractivity contribution in [2.45, 2.75) is 123 Å². The van der Waals surface area contributed by atoms with Gasteiger partial charge in [-0.1, -0.05) is 165 Å². The van der Waals surface area contributed by atoms with E-state index in [-0.39, 0.29) is 23.1 Å². The minimum absolute atomic E-state index is 0.00775. The lowest BCUT2D eigenvalue weighted by molar-refractivity contribution is 0.332. The Morgan fingerprint density at radius 1 is 0.507 bits per heavy atom. The molecular weight excluding hydrogens is 860 g/mol. The molecule has 1 aromatic heterocycles. The Morgan fingerprint density at radius 2 is 1.17 bits per heavy atom. The third-order valence-corrected chi connectivity index (χ3v) is 17.5. The van der Waals surface area contributed by atoms with E-state index in [1.165, 1.54) is 119 Å². The van der Waals surface area contributed by atoms with Crippen LogP contribution in [0.15, 0.2) is 156 Å². The number of rotatable bonds is 9. The number of hydrogen-bond donors (Lipinski definition) is 0. The zero-order chi connectivity index (χ0) is 48.6. The number of fused-ring (bicyclic) bond motifs is 12. The number of furan rings is 1. The van der Waals surface area contributed by atoms with Crippen LogP contribution in [0.2, 0.25) is 0 Å². The summed E-state index contributed by atoms with van der Waals surface area (Å²) in [6.07, 6.45) is 9.13. The van der Waals surface area contributed by atoms with E-state index in [0.717, 1.165) is 60.5 Å². The smallest absolute Gasteiger partial charge is 0.333 e. The second-order valence-corrected chi connectivity index (χ2v) is 23.2. The third-order valence-electron chi connectivity index (χ3n) is 17.5. The lowest BCUT2D eigenvalue weighted by atomic mass is 9.43. The Labute approximate surface area is 421 Å². The van der Waals surface area contributed by atoms with Gasteiger partial charge >= 0.3 is 6.85 Å². The molecule has 0 unspecified atom stereocenters. The molecule has 9 aromatic rings. The van der Waals surface area contributed by atoms with E-state index in [4.69, 9.17) is 4.42 Å². The fourth-order valence-electron chi connectivity index (χ4n) is 13.4. The van der Waals surface area contributed by atoms with Gasteiger partial charge in [0.05, 0.1) is 5.69 Å². The molecule has 0 fully saturated rings. The first kappa shape index (κ1) is 44.2. The topological polar surface area (TPSA) is 19.6 Å². The van der Waals surface area contributed by atoms with Crippen LogP contribution in [0.3, 0.4) is 0 Å². The molecule has 352 valence electrons. The maximum atomic E-state index is 7.30. The Bertz CT molecular complexity index is 3610. The molecule has 3 heterocycles. The monoisotopic (exact) mass is 925 g/mol. The van der Waals surface area contributed by atoms with E-state index < -0.39 is 0 Å². The van der Waals surface area contributed by atoms with Crippen LogP contribution in [-0.2, 0) is 29.1 Å². The van der Waals surface area contributed by atoms with Crippen molar-refractivity contribution < 1.29 is 4.42 Å². The molecule has 13 rings (SSSR count). The maximum absolute atomic E-state index is 7.30. The fourth-order valence-corrected chi connectivity index (χ4v) is 13.4. The van der Waals surface area contributed by atoms with Gasteiger partial charge in [0.15, 0.2) is 0 Å². The molecular formula is C67H65BN2O. The van der Waals surface area contributed by atoms with Crippen LogP contribution >= 0.6 is 0 Å². The zero-order valence-electron chi connectivity index (χ0n) is 43.0. The van der Waals surface area contributed by atoms with Gasteiger partial charge in [-0.15, -0.1) is 0 Å². The van der Waals surface area contributed by atoms with Crippen molar-refractivity contribution >= 4 is 68.1 Å². The van der Waals surface area contributed by atoms with E-state index in [9.17, 15) is 0 Å². The number of nitrogens with zero attached hydrogens (tertiary/aromatic N) is 2. The number of hydrogen-bond acceptors (Lipinski definition) is 3. The first-order valence-electron chi connectivity index (χ1n) is 26.7. The number of para-hydroxylation sites is 1. The highest BCUT2D eigenvalue weighted by Gasteiger charge is 2.50. The van der Waals surface area contributed by atoms with Gasteiger partial charge in [0.1, 0.15) is 11.2 Å². The predicted octanol–water partition coefficient (Wildman–Crippen LogP) is 17.3. The molecule has 2 aliphatic heterocycles. The Kier molecular flexibility index (Phi) is 10.0. The zero-order valence-corrected chi connectivity index (χ0v) is 43.0. The summed E-state index contributed by atoms with van der Waals surface area (Å²) in [6, 6.07) is 59.0. The summed E-state index contributed by atoms with van der Waals surface area (Å²) >= 11 is 0. The summed E-state index contributed by atoms with van der Waals surface area (Å²) in [7, 11) is 0. The fraction of sp³-hybridized carbons (Fsp3) is 0.284. The molecule has 0 saturated heterocycles. The Balaban J connectivity index is 1.21. The third kappa shape index (κ3) is 6.62. The Morgan fingerprint density at radius 3 is 1.93 bits per heavy atom. The molecule has 2 aliphatic carbocycles. The van der Waals surface area contributed by atoms with E-state index in [2.05, 4.69) is 217 Å². The van der Waals surface area contributed by atoms with Crippen LogP contribution in [0.5, 0.6) is 0 Å². The second-order valence-electron chi connectivity index (χ2n) is 23.2. The maximum Gasteiger partial charge on any atom is 0.333 e. The lowest BCUT2D eigenvalue weighted by Crippen LogP contribution is -2.62. The molecule has 0 bridgehead atoms. The molecule has 3 nitrogen and oxygen atoms in total. The molecule has 4 heteroatoms. The normalized spacial score (nSPS) is 16.4. The summed E-state index contributed by atoms with van der Waals surface area (Å²) < 4.78 is 7.30. The van der Waals surface area contributed by atoms with Gasteiger partial charge in [0.25, 0.3) is 0 Å². The van der Waals surface area contributed by atoms with Crippen LogP contribution in [0.1, 0.15) is 127 Å². The number of benzene rings is 8. The van der Waals surface area contributed by atoms with Gasteiger partial charge in [-0.25, -0.2) is 0 Å². The van der Waals surface area contributed by atoms with Crippen molar-refractivity contribution in [3.8, 4) is 33.4 Å². The van der Waals surface area contributed by atoms with Gasteiger partial charge in [-0.2, -0.15) is 0 Å². The summed E-state index contributed by atoms with van der Waals surface area (Å²) in [6.45, 7) is 19.2. The van der Waals surface area contributed by atoms with Gasteiger partial charge in [-0.05, 0) is 165 Å². The van der Waals surface area contributed by atoms with Crippen LogP contribution < -0.4 is 20.6 Å². The second kappa shape index (κ2) is 16.1. The molecule has 0 amide bonds. The molecule has 71 heavy (non-hydrogen) atoms. The van der Waals surface area contributed by atoms with Crippen LogP contribution in [0, 0.1) is 0 Å². The number of anilines is 5. The van der Waals surface area contributed by atoms with E-state index >= 15 is 0 Å². The van der Waals surface area contributed by atoms with Crippen molar-refractivity contribution in [3.05, 3.63) is 185 Å². The summed E-state index contributed by atoms with van der Waals surface area (Å²) in [4.78, 5) is 5.43. The molecule has 0 saturated carbocycles.